The zero-order valence-electron chi connectivity index (χ0n) is 15.2. The minimum Gasteiger partial charge on any atom is -0.352 e. The zero-order chi connectivity index (χ0) is 18.8. The molecule has 27 heavy (non-hydrogen) atoms. The summed E-state index contributed by atoms with van der Waals surface area (Å²) < 4.78 is 0. The van der Waals surface area contributed by atoms with Gasteiger partial charge in [-0.3, -0.25) is 9.59 Å². The molecule has 0 bridgehead atoms. The molecule has 138 valence electrons. The lowest BCUT2D eigenvalue weighted by Gasteiger charge is -2.33. The third kappa shape index (κ3) is 3.69. The highest BCUT2D eigenvalue weighted by Crippen LogP contribution is 2.24. The van der Waals surface area contributed by atoms with E-state index in [0.717, 1.165) is 41.5 Å². The Morgan fingerprint density at radius 1 is 1.19 bits per heavy atom. The lowest BCUT2D eigenvalue weighted by atomic mass is 10.0. The number of aromatic amines is 1. The summed E-state index contributed by atoms with van der Waals surface area (Å²) in [5.74, 6) is -0.0417. The first-order chi connectivity index (χ1) is 13.1. The Morgan fingerprint density at radius 2 is 2.04 bits per heavy atom. The molecule has 0 aliphatic carbocycles. The highest BCUT2D eigenvalue weighted by Gasteiger charge is 2.25. The predicted molar refractivity (Wildman–Crippen MR) is 104 cm³/mol. The van der Waals surface area contributed by atoms with E-state index in [4.69, 9.17) is 0 Å². The molecule has 2 aromatic carbocycles. The average molecular weight is 362 g/mol. The van der Waals surface area contributed by atoms with Gasteiger partial charge in [-0.15, -0.1) is 0 Å². The number of fused-ring (bicyclic) bond motifs is 1. The minimum absolute atomic E-state index is 0.00882. The average Bonchev–Trinajstić information content (AvgIpc) is 3.15. The van der Waals surface area contributed by atoms with Crippen molar-refractivity contribution >= 4 is 22.8 Å². The highest BCUT2D eigenvalue weighted by atomic mass is 16.2. The third-order valence-electron chi connectivity index (χ3n) is 4.98. The Labute approximate surface area is 157 Å². The number of H-pyrrole nitrogens is 1. The van der Waals surface area contributed by atoms with Gasteiger partial charge in [-0.2, -0.15) is 0 Å². The number of aromatic nitrogens is 2. The molecule has 4 rings (SSSR count). The molecule has 1 aliphatic rings. The smallest absolute Gasteiger partial charge is 0.253 e. The fraction of sp³-hybridized carbons (Fsp3) is 0.286. The van der Waals surface area contributed by atoms with E-state index >= 15 is 0 Å². The Balaban J connectivity index is 1.56. The maximum Gasteiger partial charge on any atom is 0.253 e. The highest BCUT2D eigenvalue weighted by molar-refractivity contribution is 5.96. The molecule has 0 saturated carbocycles. The van der Waals surface area contributed by atoms with E-state index in [1.165, 1.54) is 6.92 Å². The van der Waals surface area contributed by atoms with E-state index in [0.29, 0.717) is 12.1 Å². The van der Waals surface area contributed by atoms with E-state index in [1.807, 2.05) is 47.4 Å². The van der Waals surface area contributed by atoms with Crippen LogP contribution < -0.4 is 5.32 Å². The number of piperidine rings is 1. The molecule has 6 nitrogen and oxygen atoms in total. The van der Waals surface area contributed by atoms with Crippen LogP contribution in [0.1, 0.15) is 30.1 Å². The molecule has 6 heteroatoms. The molecule has 3 aromatic rings. The van der Waals surface area contributed by atoms with Gasteiger partial charge in [0.05, 0.1) is 17.4 Å². The van der Waals surface area contributed by atoms with Crippen molar-refractivity contribution in [1.82, 2.24) is 20.2 Å². The Bertz CT molecular complexity index is 995. The maximum absolute atomic E-state index is 13.0. The second-order valence-corrected chi connectivity index (χ2v) is 7.01. The molecule has 1 saturated heterocycles. The predicted octanol–water partition coefficient (Wildman–Crippen LogP) is 2.97. The minimum atomic E-state index is -0.0505. The van der Waals surface area contributed by atoms with Crippen LogP contribution in [0.3, 0.4) is 0 Å². The quantitative estimate of drug-likeness (QED) is 0.752. The number of amides is 2. The van der Waals surface area contributed by atoms with Crippen molar-refractivity contribution in [2.45, 2.75) is 25.8 Å². The molecule has 2 N–H and O–H groups in total. The normalized spacial score (nSPS) is 17.1. The van der Waals surface area contributed by atoms with Gasteiger partial charge in [0.1, 0.15) is 0 Å². The first-order valence-electron chi connectivity index (χ1n) is 9.20. The van der Waals surface area contributed by atoms with Gasteiger partial charge in [-0.1, -0.05) is 18.2 Å². The lowest BCUT2D eigenvalue weighted by Crippen LogP contribution is -2.49. The van der Waals surface area contributed by atoms with Gasteiger partial charge in [0.15, 0.2) is 0 Å². The standard InChI is InChI=1S/C21H22N4O2/c1-14(26)24-18-6-3-9-25(12-18)21(27)17-5-2-4-15(10-17)16-7-8-19-20(11-16)23-13-22-19/h2,4-5,7-8,10-11,13,18H,3,6,9,12H2,1H3,(H,22,23)(H,24,26). The van der Waals surface area contributed by atoms with Gasteiger partial charge in [-0.25, -0.2) is 4.98 Å². The van der Waals surface area contributed by atoms with Crippen LogP contribution in [0.5, 0.6) is 0 Å². The number of carbonyl (C=O) groups excluding carboxylic acids is 2. The first-order valence-corrected chi connectivity index (χ1v) is 9.20. The number of carbonyl (C=O) groups is 2. The Kier molecular flexibility index (Phi) is 4.62. The molecule has 1 atom stereocenters. The fourth-order valence-electron chi connectivity index (χ4n) is 3.70. The molecule has 2 amide bonds. The molecule has 1 aromatic heterocycles. The van der Waals surface area contributed by atoms with Crippen molar-refractivity contribution in [3.8, 4) is 11.1 Å². The number of hydrogen-bond acceptors (Lipinski definition) is 3. The van der Waals surface area contributed by atoms with E-state index < -0.39 is 0 Å². The molecule has 1 fully saturated rings. The maximum atomic E-state index is 13.0. The summed E-state index contributed by atoms with van der Waals surface area (Å²) in [7, 11) is 0. The van der Waals surface area contributed by atoms with Crippen LogP contribution in [0.2, 0.25) is 0 Å². The summed E-state index contributed by atoms with van der Waals surface area (Å²) in [5, 5.41) is 2.93. The van der Waals surface area contributed by atoms with Crippen LogP contribution >= 0.6 is 0 Å². The van der Waals surface area contributed by atoms with Crippen molar-refractivity contribution in [3.63, 3.8) is 0 Å². The summed E-state index contributed by atoms with van der Waals surface area (Å²) in [6, 6.07) is 13.8. The number of nitrogens with zero attached hydrogens (tertiary/aromatic N) is 2. The monoisotopic (exact) mass is 362 g/mol. The van der Waals surface area contributed by atoms with Crippen LogP contribution in [0.15, 0.2) is 48.8 Å². The summed E-state index contributed by atoms with van der Waals surface area (Å²) >= 11 is 0. The molecular formula is C21H22N4O2. The van der Waals surface area contributed by atoms with E-state index in [9.17, 15) is 9.59 Å². The third-order valence-corrected chi connectivity index (χ3v) is 4.98. The largest absolute Gasteiger partial charge is 0.352 e. The van der Waals surface area contributed by atoms with E-state index in [2.05, 4.69) is 15.3 Å². The van der Waals surface area contributed by atoms with Crippen molar-refractivity contribution < 1.29 is 9.59 Å². The van der Waals surface area contributed by atoms with Crippen LogP contribution in [-0.2, 0) is 4.79 Å². The summed E-state index contributed by atoms with van der Waals surface area (Å²) in [6.45, 7) is 2.79. The number of nitrogens with one attached hydrogen (secondary N) is 2. The zero-order valence-corrected chi connectivity index (χ0v) is 15.2. The van der Waals surface area contributed by atoms with Crippen molar-refractivity contribution in [1.29, 1.82) is 0 Å². The number of hydrogen-bond donors (Lipinski definition) is 2. The Morgan fingerprint density at radius 3 is 2.89 bits per heavy atom. The number of imidazole rings is 1. The van der Waals surface area contributed by atoms with Crippen molar-refractivity contribution in [3.05, 3.63) is 54.4 Å². The Hall–Kier alpha value is -3.15. The molecule has 0 radical (unpaired) electrons. The van der Waals surface area contributed by atoms with Crippen molar-refractivity contribution in [2.75, 3.05) is 13.1 Å². The van der Waals surface area contributed by atoms with Crippen LogP contribution in [0.4, 0.5) is 0 Å². The summed E-state index contributed by atoms with van der Waals surface area (Å²) in [4.78, 5) is 33.5. The lowest BCUT2D eigenvalue weighted by molar-refractivity contribution is -0.120. The van der Waals surface area contributed by atoms with E-state index in [-0.39, 0.29) is 17.9 Å². The van der Waals surface area contributed by atoms with Gasteiger partial charge < -0.3 is 15.2 Å². The topological polar surface area (TPSA) is 78.1 Å². The summed E-state index contributed by atoms with van der Waals surface area (Å²) in [5.41, 5.74) is 4.59. The number of benzene rings is 2. The van der Waals surface area contributed by atoms with Gasteiger partial charge in [0.2, 0.25) is 5.91 Å². The summed E-state index contributed by atoms with van der Waals surface area (Å²) in [6.07, 6.45) is 3.48. The van der Waals surface area contributed by atoms with Crippen molar-refractivity contribution in [2.24, 2.45) is 0 Å². The van der Waals surface area contributed by atoms with Crippen LogP contribution in [0, 0.1) is 0 Å². The van der Waals surface area contributed by atoms with Gasteiger partial charge in [-0.05, 0) is 48.2 Å². The molecule has 1 unspecified atom stereocenters. The second-order valence-electron chi connectivity index (χ2n) is 7.01. The fourth-order valence-corrected chi connectivity index (χ4v) is 3.70. The van der Waals surface area contributed by atoms with Gasteiger partial charge in [0, 0.05) is 31.6 Å². The van der Waals surface area contributed by atoms with Crippen LogP contribution in [-0.4, -0.2) is 45.8 Å². The van der Waals surface area contributed by atoms with E-state index in [1.54, 1.807) is 6.33 Å². The second kappa shape index (κ2) is 7.23. The first kappa shape index (κ1) is 17.3. The SMILES string of the molecule is CC(=O)NC1CCCN(C(=O)c2cccc(-c3ccc4nc[nH]c4c3)c2)C1. The van der Waals surface area contributed by atoms with Gasteiger partial charge in [0.25, 0.3) is 5.91 Å². The van der Waals surface area contributed by atoms with Crippen LogP contribution in [0.25, 0.3) is 22.2 Å². The molecular weight excluding hydrogens is 340 g/mol. The number of rotatable bonds is 3. The number of likely N-dealkylation sites (tertiary alicyclic amines) is 1. The molecule has 2 heterocycles. The van der Waals surface area contributed by atoms with Gasteiger partial charge >= 0.3 is 0 Å². The molecule has 0 spiro atoms. The molecule has 1 aliphatic heterocycles.